The Balaban J connectivity index is 1.27. The van der Waals surface area contributed by atoms with Crippen LogP contribution in [-0.2, 0) is 16.1 Å². The predicted molar refractivity (Wildman–Crippen MR) is 204 cm³/mol. The number of aliphatic imine (C=N–C) groups is 1. The first-order valence-electron chi connectivity index (χ1n) is 17.4. The predicted octanol–water partition coefficient (Wildman–Crippen LogP) is 8.94. The minimum absolute atomic E-state index is 0.0693. The summed E-state index contributed by atoms with van der Waals surface area (Å²) in [5, 5.41) is 14.6. The molecule has 0 spiro atoms. The Hall–Kier alpha value is -5.98. The van der Waals surface area contributed by atoms with Gasteiger partial charge < -0.3 is 19.9 Å². The summed E-state index contributed by atoms with van der Waals surface area (Å²) in [6.45, 7) is 0.830. The number of aliphatic hydroxyl groups is 1. The number of aliphatic hydroxyl groups excluding tert-OH is 1. The molecule has 0 aromatic heterocycles. The zero-order chi connectivity index (χ0) is 34.9. The van der Waals surface area contributed by atoms with Crippen LogP contribution in [0.5, 0.6) is 5.75 Å². The Bertz CT molecular complexity index is 2120. The van der Waals surface area contributed by atoms with E-state index >= 15 is 0 Å². The molecular weight excluding hydrogens is 633 g/mol. The monoisotopic (exact) mass is 672 g/mol. The molecule has 1 heterocycles. The van der Waals surface area contributed by atoms with Crippen LogP contribution in [0, 0.1) is 0 Å². The van der Waals surface area contributed by atoms with Crippen molar-refractivity contribution in [2.75, 3.05) is 13.2 Å². The van der Waals surface area contributed by atoms with Gasteiger partial charge in [-0.2, -0.15) is 0 Å². The van der Waals surface area contributed by atoms with Crippen molar-refractivity contribution in [2.24, 2.45) is 4.99 Å². The highest BCUT2D eigenvalue weighted by Gasteiger charge is 2.52. The van der Waals surface area contributed by atoms with Crippen LogP contribution in [0.4, 0.5) is 0 Å². The van der Waals surface area contributed by atoms with E-state index in [1.165, 1.54) is 0 Å². The number of benzene rings is 6. The molecule has 0 unspecified atom stereocenters. The fourth-order valence-electron chi connectivity index (χ4n) is 6.51. The summed E-state index contributed by atoms with van der Waals surface area (Å²) in [7, 11) is 0. The number of hydrogen-bond acceptors (Lipinski definition) is 5. The Morgan fingerprint density at radius 1 is 0.765 bits per heavy atom. The molecule has 2 N–H and O–H groups in total. The normalized spacial score (nSPS) is 16.9. The topological polar surface area (TPSA) is 80.2 Å². The van der Waals surface area contributed by atoms with E-state index < -0.39 is 11.6 Å². The maximum atomic E-state index is 14.8. The number of fused-ring (bicyclic) bond motifs is 1. The van der Waals surface area contributed by atoms with Crippen LogP contribution in [-0.4, -0.2) is 35.7 Å². The molecule has 6 aromatic carbocycles. The number of rotatable bonds is 13. The van der Waals surface area contributed by atoms with E-state index in [4.69, 9.17) is 19.6 Å². The highest BCUT2D eigenvalue weighted by molar-refractivity contribution is 6.01. The lowest BCUT2D eigenvalue weighted by molar-refractivity contribution is -0.129. The molecule has 1 aliphatic rings. The summed E-state index contributed by atoms with van der Waals surface area (Å²) in [6, 6.07) is 50.3. The third-order valence-electron chi connectivity index (χ3n) is 9.21. The lowest BCUT2D eigenvalue weighted by Gasteiger charge is -2.30. The van der Waals surface area contributed by atoms with Gasteiger partial charge in [-0.15, -0.1) is 0 Å². The first-order chi connectivity index (χ1) is 25.1. The number of carbonyl (C=O) groups excluding carboxylic acids is 1. The zero-order valence-electron chi connectivity index (χ0n) is 28.3. The minimum Gasteiger partial charge on any atom is -0.494 e. The molecule has 0 bridgehead atoms. The Kier molecular flexibility index (Phi) is 10.3. The fraction of sp³-hybridized carbons (Fsp3) is 0.156. The highest BCUT2D eigenvalue weighted by Crippen LogP contribution is 2.43. The van der Waals surface area contributed by atoms with Gasteiger partial charge in [0, 0.05) is 31.6 Å². The molecule has 1 amide bonds. The second kappa shape index (κ2) is 15.7. The van der Waals surface area contributed by atoms with Crippen molar-refractivity contribution in [2.45, 2.75) is 31.0 Å². The smallest absolute Gasteiger partial charge is 0.252 e. The molecule has 6 aromatic rings. The third-order valence-corrected chi connectivity index (χ3v) is 9.21. The van der Waals surface area contributed by atoms with Gasteiger partial charge in [-0.3, -0.25) is 4.79 Å². The number of carbonyl (C=O) groups is 1. The van der Waals surface area contributed by atoms with E-state index in [0.717, 1.165) is 44.2 Å². The van der Waals surface area contributed by atoms with Crippen molar-refractivity contribution >= 4 is 28.7 Å². The van der Waals surface area contributed by atoms with Gasteiger partial charge in [-0.25, -0.2) is 4.99 Å². The highest BCUT2D eigenvalue weighted by atomic mass is 16.5. The van der Waals surface area contributed by atoms with Crippen molar-refractivity contribution in [3.63, 3.8) is 0 Å². The summed E-state index contributed by atoms with van der Waals surface area (Å²) in [6.07, 6.45) is 4.20. The van der Waals surface area contributed by atoms with E-state index in [-0.39, 0.29) is 12.5 Å². The van der Waals surface area contributed by atoms with Crippen molar-refractivity contribution in [3.8, 4) is 16.9 Å². The van der Waals surface area contributed by atoms with Crippen LogP contribution >= 0.6 is 0 Å². The summed E-state index contributed by atoms with van der Waals surface area (Å²) >= 11 is 0. The van der Waals surface area contributed by atoms with Crippen molar-refractivity contribution in [1.29, 1.82) is 0 Å². The van der Waals surface area contributed by atoms with Crippen LogP contribution < -0.4 is 10.1 Å². The van der Waals surface area contributed by atoms with E-state index in [1.54, 1.807) is 0 Å². The Labute approximate surface area is 298 Å². The molecule has 0 radical (unpaired) electrons. The second-order valence-corrected chi connectivity index (χ2v) is 12.6. The molecular formula is C45H40N2O4. The number of nitrogens with zero attached hydrogens (tertiary/aromatic N) is 1. The zero-order valence-corrected chi connectivity index (χ0v) is 28.3. The molecule has 6 heteroatoms. The van der Waals surface area contributed by atoms with Gasteiger partial charge in [0.1, 0.15) is 5.75 Å². The molecule has 0 saturated heterocycles. The quantitative estimate of drug-likeness (QED) is 0.120. The Morgan fingerprint density at radius 2 is 1.43 bits per heavy atom. The molecule has 51 heavy (non-hydrogen) atoms. The van der Waals surface area contributed by atoms with Gasteiger partial charge in [0.05, 0.1) is 6.61 Å². The SMILES string of the molecule is O=C(NCc1cccc2ccccc12)[C@]1(C/C=C/c2ccccc2)N=C(c2ccc(OCCCO)cc2)O[C@@H]1c1ccc(-c2ccccc2)cc1. The first-order valence-corrected chi connectivity index (χ1v) is 17.4. The van der Waals surface area contributed by atoms with Crippen LogP contribution in [0.3, 0.4) is 0 Å². The molecule has 0 aliphatic carbocycles. The molecule has 0 fully saturated rings. The molecule has 1 aliphatic heterocycles. The van der Waals surface area contributed by atoms with Gasteiger partial charge >= 0.3 is 0 Å². The lowest BCUT2D eigenvalue weighted by Crippen LogP contribution is -2.47. The third kappa shape index (κ3) is 7.62. The van der Waals surface area contributed by atoms with Gasteiger partial charge in [-0.1, -0.05) is 140 Å². The van der Waals surface area contributed by atoms with Crippen LogP contribution in [0.1, 0.15) is 41.2 Å². The van der Waals surface area contributed by atoms with Crippen molar-refractivity contribution < 1.29 is 19.4 Å². The molecule has 7 rings (SSSR count). The van der Waals surface area contributed by atoms with Gasteiger partial charge in [0.25, 0.3) is 5.91 Å². The largest absolute Gasteiger partial charge is 0.494 e. The lowest BCUT2D eigenvalue weighted by atomic mass is 9.83. The minimum atomic E-state index is -1.31. The van der Waals surface area contributed by atoms with E-state index in [9.17, 15) is 4.79 Å². The molecule has 0 saturated carbocycles. The standard InChI is InChI=1S/C45H40N2O4/c48-30-11-31-50-40-27-25-38(26-28-40)43-47-45(29-10-14-33-12-3-1-4-13-33,44(49)46-32-39-19-9-18-36-17-7-8-20-41(36)39)42(51-43)37-23-21-35(22-24-37)34-15-5-2-6-16-34/h1-10,12-28,42,48H,11,29-32H2,(H,46,49)/b14-10+/t42-,45-/m1/s1. The van der Waals surface area contributed by atoms with Crippen LogP contribution in [0.15, 0.2) is 163 Å². The summed E-state index contributed by atoms with van der Waals surface area (Å²) in [4.78, 5) is 20.0. The van der Waals surface area contributed by atoms with Gasteiger partial charge in [0.15, 0.2) is 11.6 Å². The van der Waals surface area contributed by atoms with Crippen molar-refractivity contribution in [3.05, 3.63) is 180 Å². The van der Waals surface area contributed by atoms with Gasteiger partial charge in [0.2, 0.25) is 5.90 Å². The maximum Gasteiger partial charge on any atom is 0.252 e. The van der Waals surface area contributed by atoms with E-state index in [0.29, 0.717) is 37.6 Å². The number of hydrogen-bond donors (Lipinski definition) is 2. The van der Waals surface area contributed by atoms with Gasteiger partial charge in [-0.05, 0) is 62.9 Å². The first kappa shape index (κ1) is 33.5. The van der Waals surface area contributed by atoms with E-state index in [1.807, 2.05) is 115 Å². The average molecular weight is 673 g/mol. The number of nitrogens with one attached hydrogen (secondary N) is 1. The number of amides is 1. The van der Waals surface area contributed by atoms with Crippen molar-refractivity contribution in [1.82, 2.24) is 5.32 Å². The molecule has 6 nitrogen and oxygen atoms in total. The molecule has 2 atom stereocenters. The second-order valence-electron chi connectivity index (χ2n) is 12.6. The summed E-state index contributed by atoms with van der Waals surface area (Å²) < 4.78 is 12.5. The van der Waals surface area contributed by atoms with E-state index in [2.05, 4.69) is 53.8 Å². The maximum absolute atomic E-state index is 14.8. The summed E-state index contributed by atoms with van der Waals surface area (Å²) in [5.41, 5.74) is 4.53. The average Bonchev–Trinajstić information content (AvgIpc) is 3.59. The number of ether oxygens (including phenoxy) is 2. The van der Waals surface area contributed by atoms with Crippen LogP contribution in [0.2, 0.25) is 0 Å². The van der Waals surface area contributed by atoms with Crippen LogP contribution in [0.25, 0.3) is 28.0 Å². The Morgan fingerprint density at radius 3 is 2.20 bits per heavy atom. The fourth-order valence-corrected chi connectivity index (χ4v) is 6.51. The summed E-state index contributed by atoms with van der Waals surface area (Å²) in [5.74, 6) is 0.857. The molecule has 254 valence electrons.